The van der Waals surface area contributed by atoms with Crippen LogP contribution in [-0.4, -0.2) is 25.0 Å². The van der Waals surface area contributed by atoms with Gasteiger partial charge in [0.15, 0.2) is 0 Å². The predicted octanol–water partition coefficient (Wildman–Crippen LogP) is 8.10. The van der Waals surface area contributed by atoms with Crippen molar-refractivity contribution in [3.63, 3.8) is 0 Å². The topological polar surface area (TPSA) is 3.24 Å². The van der Waals surface area contributed by atoms with Crippen LogP contribution in [0.15, 0.2) is 168 Å². The summed E-state index contributed by atoms with van der Waals surface area (Å²) in [5, 5.41) is 8.74. The number of hydrogen-bond acceptors (Lipinski definition) is 1. The Morgan fingerprint density at radius 3 is 1.45 bits per heavy atom. The summed E-state index contributed by atoms with van der Waals surface area (Å²) in [5.41, 5.74) is 0. The molecule has 2 aliphatic rings. The molecule has 4 heteroatoms. The van der Waals surface area contributed by atoms with Crippen molar-refractivity contribution in [1.29, 1.82) is 0 Å². The van der Waals surface area contributed by atoms with Crippen LogP contribution in [0.25, 0.3) is 0 Å². The van der Waals surface area contributed by atoms with E-state index in [4.69, 9.17) is 0 Å². The zero-order valence-corrected chi connectivity index (χ0v) is 27.5. The first-order chi connectivity index (χ1) is 20.1. The molecular formula is C38H39FeNP2. The molecule has 42 heavy (non-hydrogen) atoms. The fourth-order valence-corrected chi connectivity index (χ4v) is 10.3. The van der Waals surface area contributed by atoms with Crippen LogP contribution in [0.2, 0.25) is 0 Å². The van der Waals surface area contributed by atoms with Gasteiger partial charge in [-0.2, -0.15) is 0 Å². The maximum atomic E-state index is 2.36. The standard InChI is InChI=1S/C21H24NP.C17H15P.Fe/c1-17(22(2)3)20-15-10-16-21(20)23(18-11-6-4-7-12-18)19-13-8-5-9-14-19;1-3-9-15(10-4-1)18(17-13-7-8-14-17)16-11-5-2-6-12-16;/h4-17,20H,1-3H3;1-7,9-14H,8H2;/t17-,20?;;/m0../s1. The van der Waals surface area contributed by atoms with Gasteiger partial charge in [-0.3, -0.25) is 0 Å². The third kappa shape index (κ3) is 7.96. The van der Waals surface area contributed by atoms with E-state index in [9.17, 15) is 0 Å². The first-order valence-electron chi connectivity index (χ1n) is 14.4. The molecule has 0 radical (unpaired) electrons. The van der Waals surface area contributed by atoms with Gasteiger partial charge in [0, 0.05) is 29.0 Å². The van der Waals surface area contributed by atoms with Crippen LogP contribution >= 0.6 is 15.8 Å². The number of rotatable bonds is 8. The van der Waals surface area contributed by atoms with Crippen LogP contribution < -0.4 is 21.2 Å². The first kappa shape index (κ1) is 32.1. The molecule has 6 rings (SSSR count). The second-order valence-corrected chi connectivity index (χ2v) is 14.9. The molecule has 0 spiro atoms. The normalized spacial score (nSPS) is 16.1. The molecule has 0 fully saturated rings. The van der Waals surface area contributed by atoms with Gasteiger partial charge in [0.1, 0.15) is 0 Å². The van der Waals surface area contributed by atoms with Gasteiger partial charge in [0.05, 0.1) is 0 Å². The van der Waals surface area contributed by atoms with Gasteiger partial charge in [0.25, 0.3) is 0 Å². The average Bonchev–Trinajstić information content (AvgIpc) is 3.73. The van der Waals surface area contributed by atoms with Crippen LogP contribution in [0, 0.1) is 5.92 Å². The minimum absolute atomic E-state index is 0. The third-order valence-corrected chi connectivity index (χ3v) is 12.7. The van der Waals surface area contributed by atoms with Crippen molar-refractivity contribution in [2.24, 2.45) is 5.92 Å². The monoisotopic (exact) mass is 627 g/mol. The zero-order chi connectivity index (χ0) is 28.4. The SMILES string of the molecule is C1=CC(P(c2ccccc2)c2ccccc2)=CC1.C[C@@H](C1C=CC=C1P(c1ccccc1)c1ccccc1)N(C)C.[Fe]. The van der Waals surface area contributed by atoms with E-state index in [1.807, 2.05) is 0 Å². The molecule has 0 aromatic heterocycles. The van der Waals surface area contributed by atoms with Gasteiger partial charge in [-0.25, -0.2) is 0 Å². The molecule has 0 saturated heterocycles. The van der Waals surface area contributed by atoms with Gasteiger partial charge < -0.3 is 4.90 Å². The van der Waals surface area contributed by atoms with Gasteiger partial charge >= 0.3 is 0 Å². The molecule has 0 amide bonds. The molecular weight excluding hydrogens is 588 g/mol. The van der Waals surface area contributed by atoms with Crippen LogP contribution in [0.3, 0.4) is 0 Å². The molecule has 4 aromatic carbocycles. The van der Waals surface area contributed by atoms with E-state index in [-0.39, 0.29) is 25.0 Å². The smallest absolute Gasteiger partial charge is 0.0185 e. The molecule has 4 aromatic rings. The summed E-state index contributed by atoms with van der Waals surface area (Å²) in [7, 11) is 3.48. The van der Waals surface area contributed by atoms with Crippen molar-refractivity contribution in [3.05, 3.63) is 168 Å². The third-order valence-electron chi connectivity index (χ3n) is 7.59. The fourth-order valence-electron chi connectivity index (χ4n) is 5.25. The predicted molar refractivity (Wildman–Crippen MR) is 184 cm³/mol. The van der Waals surface area contributed by atoms with Crippen LogP contribution in [0.1, 0.15) is 13.3 Å². The number of allylic oxidation sites excluding steroid dienone is 6. The van der Waals surface area contributed by atoms with E-state index < -0.39 is 7.92 Å². The number of hydrogen-bond donors (Lipinski definition) is 0. The Kier molecular flexibility index (Phi) is 12.3. The summed E-state index contributed by atoms with van der Waals surface area (Å²) in [5.74, 6) is 0.483. The molecule has 0 N–H and O–H groups in total. The quantitative estimate of drug-likeness (QED) is 0.141. The van der Waals surface area contributed by atoms with Crippen molar-refractivity contribution in [1.82, 2.24) is 4.90 Å². The average molecular weight is 628 g/mol. The second kappa shape index (κ2) is 16.1. The number of benzene rings is 4. The Morgan fingerprint density at radius 1 is 0.643 bits per heavy atom. The Morgan fingerprint density at radius 2 is 1.07 bits per heavy atom. The van der Waals surface area contributed by atoms with Crippen LogP contribution in [0.4, 0.5) is 0 Å². The van der Waals surface area contributed by atoms with Gasteiger partial charge in [-0.1, -0.05) is 158 Å². The van der Waals surface area contributed by atoms with Crippen molar-refractivity contribution < 1.29 is 17.1 Å². The van der Waals surface area contributed by atoms with Crippen molar-refractivity contribution in [2.45, 2.75) is 19.4 Å². The van der Waals surface area contributed by atoms with E-state index in [0.717, 1.165) is 6.42 Å². The molecule has 2 atom stereocenters. The molecule has 2 aliphatic carbocycles. The largest absolute Gasteiger partial charge is 0.306 e. The minimum atomic E-state index is -0.477. The summed E-state index contributed by atoms with van der Waals surface area (Å²) in [6.07, 6.45) is 14.9. The summed E-state index contributed by atoms with van der Waals surface area (Å²) >= 11 is 0. The molecule has 0 bridgehead atoms. The Bertz CT molecular complexity index is 1420. The Balaban J connectivity index is 0.000000193. The van der Waals surface area contributed by atoms with Gasteiger partial charge in [0.2, 0.25) is 0 Å². The van der Waals surface area contributed by atoms with Gasteiger partial charge in [-0.05, 0) is 75.1 Å². The molecule has 0 aliphatic heterocycles. The minimum Gasteiger partial charge on any atom is -0.306 e. The van der Waals surface area contributed by atoms with Crippen molar-refractivity contribution in [3.8, 4) is 0 Å². The fraction of sp³-hybridized carbons (Fsp3) is 0.158. The summed E-state index contributed by atoms with van der Waals surface area (Å²) in [4.78, 5) is 2.32. The summed E-state index contributed by atoms with van der Waals surface area (Å²) in [6.45, 7) is 2.32. The molecule has 0 heterocycles. The first-order valence-corrected chi connectivity index (χ1v) is 17.0. The van der Waals surface area contributed by atoms with E-state index in [0.29, 0.717) is 12.0 Å². The zero-order valence-electron chi connectivity index (χ0n) is 24.6. The van der Waals surface area contributed by atoms with E-state index >= 15 is 0 Å². The molecule has 1 unspecified atom stereocenters. The molecule has 214 valence electrons. The van der Waals surface area contributed by atoms with Crippen LogP contribution in [0.5, 0.6) is 0 Å². The maximum absolute atomic E-state index is 2.36. The number of nitrogens with zero attached hydrogens (tertiary/aromatic N) is 1. The van der Waals surface area contributed by atoms with Crippen LogP contribution in [-0.2, 0) is 17.1 Å². The Labute approximate surface area is 265 Å². The summed E-state index contributed by atoms with van der Waals surface area (Å²) < 4.78 is 0. The van der Waals surface area contributed by atoms with E-state index in [1.165, 1.54) is 26.5 Å². The van der Waals surface area contributed by atoms with E-state index in [1.54, 1.807) is 5.31 Å². The summed E-state index contributed by atoms with van der Waals surface area (Å²) in [6, 6.07) is 44.1. The second-order valence-electron chi connectivity index (χ2n) is 10.5. The molecule has 0 saturated carbocycles. The van der Waals surface area contributed by atoms with E-state index in [2.05, 4.69) is 184 Å². The van der Waals surface area contributed by atoms with Crippen molar-refractivity contribution in [2.75, 3.05) is 14.1 Å². The Hall–Kier alpha value is -2.82. The maximum Gasteiger partial charge on any atom is 0.0185 e. The van der Waals surface area contributed by atoms with Gasteiger partial charge in [-0.15, -0.1) is 0 Å². The van der Waals surface area contributed by atoms with Crippen molar-refractivity contribution >= 4 is 37.1 Å². The molecule has 1 nitrogen and oxygen atoms in total.